The zero-order chi connectivity index (χ0) is 22.7. The minimum Gasteiger partial charge on any atom is -0.496 e. The Balaban J connectivity index is 1.58. The third-order valence-electron chi connectivity index (χ3n) is 5.82. The summed E-state index contributed by atoms with van der Waals surface area (Å²) in [6, 6.07) is 12.4. The first-order valence-corrected chi connectivity index (χ1v) is 12.2. The van der Waals surface area contributed by atoms with Crippen LogP contribution < -0.4 is 4.74 Å². The van der Waals surface area contributed by atoms with E-state index in [-0.39, 0.29) is 11.3 Å². The predicted molar refractivity (Wildman–Crippen MR) is 132 cm³/mol. The highest BCUT2D eigenvalue weighted by Crippen LogP contribution is 2.35. The van der Waals surface area contributed by atoms with E-state index in [4.69, 9.17) is 4.74 Å². The molecule has 3 heterocycles. The van der Waals surface area contributed by atoms with Gasteiger partial charge in [0.2, 0.25) is 0 Å². The second-order valence-corrected chi connectivity index (χ2v) is 10.7. The Morgan fingerprint density at radius 2 is 1.81 bits per heavy atom. The van der Waals surface area contributed by atoms with Gasteiger partial charge in [0.15, 0.2) is 0 Å². The number of rotatable bonds is 5. The number of hydrogen-bond donors (Lipinski definition) is 0. The fourth-order valence-corrected chi connectivity index (χ4v) is 5.14. The molecule has 1 amide bonds. The summed E-state index contributed by atoms with van der Waals surface area (Å²) in [4.78, 5) is 20.7. The molecule has 3 aromatic rings. The maximum absolute atomic E-state index is 13.0. The van der Waals surface area contributed by atoms with Crippen molar-refractivity contribution in [3.8, 4) is 27.3 Å². The molecule has 1 aliphatic rings. The first-order valence-electron chi connectivity index (χ1n) is 11.4. The van der Waals surface area contributed by atoms with Gasteiger partial charge in [-0.25, -0.2) is 0 Å². The number of likely N-dealkylation sites (tertiary alicyclic amines) is 1. The highest BCUT2D eigenvalue weighted by atomic mass is 32.1. The summed E-state index contributed by atoms with van der Waals surface area (Å²) in [6.45, 7) is 8.37. The number of methoxy groups -OCH3 is 1. The maximum Gasteiger partial charge on any atom is 0.257 e. The molecule has 4 rings (SSSR count). The van der Waals surface area contributed by atoms with Crippen LogP contribution in [0.3, 0.4) is 0 Å². The van der Waals surface area contributed by atoms with Crippen molar-refractivity contribution in [2.75, 3.05) is 20.2 Å². The topological polar surface area (TPSA) is 42.4 Å². The molecule has 0 bridgehead atoms. The fraction of sp³-hybridized carbons (Fsp3) is 0.407. The summed E-state index contributed by atoms with van der Waals surface area (Å²) in [7, 11) is 1.64. The zero-order valence-electron chi connectivity index (χ0n) is 19.5. The molecule has 32 heavy (non-hydrogen) atoms. The minimum atomic E-state index is 0.0715. The van der Waals surface area contributed by atoms with E-state index < -0.39 is 0 Å². The van der Waals surface area contributed by atoms with Crippen LogP contribution in [0.2, 0.25) is 0 Å². The van der Waals surface area contributed by atoms with Crippen molar-refractivity contribution < 1.29 is 9.53 Å². The number of nitrogens with zero attached hydrogens (tertiary/aromatic N) is 2. The Morgan fingerprint density at radius 1 is 1.03 bits per heavy atom. The van der Waals surface area contributed by atoms with Crippen molar-refractivity contribution in [3.05, 3.63) is 59.2 Å². The fourth-order valence-electron chi connectivity index (χ4n) is 4.23. The van der Waals surface area contributed by atoms with Crippen LogP contribution in [0.15, 0.2) is 48.0 Å². The van der Waals surface area contributed by atoms with Gasteiger partial charge >= 0.3 is 0 Å². The molecule has 168 valence electrons. The summed E-state index contributed by atoms with van der Waals surface area (Å²) in [5.41, 5.74) is 5.36. The normalized spacial score (nSPS) is 14.4. The van der Waals surface area contributed by atoms with Crippen LogP contribution >= 0.6 is 11.3 Å². The number of benzene rings is 1. The number of hydrogen-bond acceptors (Lipinski definition) is 4. The quantitative estimate of drug-likeness (QED) is 0.436. The second-order valence-electron chi connectivity index (χ2n) is 9.74. The highest BCUT2D eigenvalue weighted by molar-refractivity contribution is 7.14. The van der Waals surface area contributed by atoms with Gasteiger partial charge in [0, 0.05) is 29.9 Å². The number of carbonyl (C=O) groups is 1. The first kappa shape index (κ1) is 22.5. The largest absolute Gasteiger partial charge is 0.496 e. The number of aromatic nitrogens is 1. The molecule has 1 saturated heterocycles. The third kappa shape index (κ3) is 5.21. The van der Waals surface area contributed by atoms with E-state index in [2.05, 4.69) is 49.3 Å². The van der Waals surface area contributed by atoms with E-state index in [1.165, 1.54) is 16.9 Å². The van der Waals surface area contributed by atoms with Crippen LogP contribution in [0.4, 0.5) is 0 Å². The number of amides is 1. The summed E-state index contributed by atoms with van der Waals surface area (Å²) in [6.07, 6.45) is 6.21. The molecular weight excluding hydrogens is 416 g/mol. The number of thiophene rings is 1. The number of piperidine rings is 1. The smallest absolute Gasteiger partial charge is 0.257 e. The summed E-state index contributed by atoms with van der Waals surface area (Å²) >= 11 is 1.73. The van der Waals surface area contributed by atoms with Crippen LogP contribution in [0.25, 0.3) is 21.6 Å². The SMILES string of the molecule is COc1cc(-c2csc(-c3ccnc(CC(C)(C)C)c3)c2)ccc1C(=O)N1CCCCC1. The molecule has 5 heteroatoms. The van der Waals surface area contributed by atoms with Gasteiger partial charge in [-0.3, -0.25) is 9.78 Å². The molecule has 0 spiro atoms. The Labute approximate surface area is 195 Å². The molecule has 4 nitrogen and oxygen atoms in total. The van der Waals surface area contributed by atoms with Crippen LogP contribution in [-0.4, -0.2) is 36.0 Å². The lowest BCUT2D eigenvalue weighted by Gasteiger charge is -2.27. The zero-order valence-corrected chi connectivity index (χ0v) is 20.3. The van der Waals surface area contributed by atoms with Crippen molar-refractivity contribution in [2.24, 2.45) is 5.41 Å². The van der Waals surface area contributed by atoms with E-state index >= 15 is 0 Å². The van der Waals surface area contributed by atoms with Crippen molar-refractivity contribution in [1.29, 1.82) is 0 Å². The highest BCUT2D eigenvalue weighted by Gasteiger charge is 2.22. The number of pyridine rings is 1. The molecule has 1 aromatic carbocycles. The summed E-state index contributed by atoms with van der Waals surface area (Å²) < 4.78 is 5.62. The van der Waals surface area contributed by atoms with Gasteiger partial charge in [0.1, 0.15) is 5.75 Å². The minimum absolute atomic E-state index is 0.0715. The second kappa shape index (κ2) is 9.45. The first-order chi connectivity index (χ1) is 15.3. The molecule has 1 aliphatic heterocycles. The lowest BCUT2D eigenvalue weighted by atomic mass is 9.90. The van der Waals surface area contributed by atoms with Gasteiger partial charge in [-0.1, -0.05) is 26.8 Å². The lowest BCUT2D eigenvalue weighted by molar-refractivity contribution is 0.0721. The maximum atomic E-state index is 13.0. The van der Waals surface area contributed by atoms with Gasteiger partial charge in [-0.05, 0) is 83.5 Å². The van der Waals surface area contributed by atoms with Crippen LogP contribution in [0, 0.1) is 5.41 Å². The predicted octanol–water partition coefficient (Wildman–Crippen LogP) is 6.70. The molecule has 0 aliphatic carbocycles. The Bertz CT molecular complexity index is 1090. The Kier molecular flexibility index (Phi) is 6.66. The van der Waals surface area contributed by atoms with Gasteiger partial charge in [0.25, 0.3) is 5.91 Å². The van der Waals surface area contributed by atoms with Crippen LogP contribution in [0.1, 0.15) is 56.1 Å². The lowest BCUT2D eigenvalue weighted by Crippen LogP contribution is -2.35. The molecule has 2 aromatic heterocycles. The van der Waals surface area contributed by atoms with Crippen molar-refractivity contribution >= 4 is 17.2 Å². The van der Waals surface area contributed by atoms with E-state index in [9.17, 15) is 4.79 Å². The van der Waals surface area contributed by atoms with E-state index in [1.807, 2.05) is 29.3 Å². The standard InChI is InChI=1S/C27H32N2O2S/c1-27(2,3)17-22-14-20(10-11-28-22)25-16-21(18-32-25)19-8-9-23(24(15-19)31-4)26(30)29-12-6-5-7-13-29/h8-11,14-16,18H,5-7,12-13,17H2,1-4H3. The van der Waals surface area contributed by atoms with Crippen molar-refractivity contribution in [2.45, 2.75) is 46.5 Å². The molecule has 0 radical (unpaired) electrons. The molecular formula is C27H32N2O2S. The average molecular weight is 449 g/mol. The van der Waals surface area contributed by atoms with Crippen molar-refractivity contribution in [3.63, 3.8) is 0 Å². The summed E-state index contributed by atoms with van der Waals surface area (Å²) in [5.74, 6) is 0.712. The summed E-state index contributed by atoms with van der Waals surface area (Å²) in [5, 5.41) is 2.17. The van der Waals surface area contributed by atoms with Gasteiger partial charge < -0.3 is 9.64 Å². The van der Waals surface area contributed by atoms with E-state index in [1.54, 1.807) is 18.4 Å². The Hall–Kier alpha value is -2.66. The number of ether oxygens (including phenoxy) is 1. The van der Waals surface area contributed by atoms with Crippen LogP contribution in [-0.2, 0) is 6.42 Å². The number of carbonyl (C=O) groups excluding carboxylic acids is 1. The molecule has 0 saturated carbocycles. The van der Waals surface area contributed by atoms with Crippen molar-refractivity contribution in [1.82, 2.24) is 9.88 Å². The Morgan fingerprint density at radius 3 is 2.53 bits per heavy atom. The average Bonchev–Trinajstić information content (AvgIpc) is 3.28. The van der Waals surface area contributed by atoms with Crippen LogP contribution in [0.5, 0.6) is 5.75 Å². The molecule has 0 unspecified atom stereocenters. The molecule has 0 atom stereocenters. The van der Waals surface area contributed by atoms with Gasteiger partial charge in [-0.15, -0.1) is 11.3 Å². The molecule has 1 fully saturated rings. The molecule has 0 N–H and O–H groups in total. The third-order valence-corrected chi connectivity index (χ3v) is 6.80. The van der Waals surface area contributed by atoms with Gasteiger partial charge in [0.05, 0.1) is 12.7 Å². The van der Waals surface area contributed by atoms with E-state index in [0.29, 0.717) is 11.3 Å². The monoisotopic (exact) mass is 448 g/mol. The van der Waals surface area contributed by atoms with Gasteiger partial charge in [-0.2, -0.15) is 0 Å². The van der Waals surface area contributed by atoms with E-state index in [0.717, 1.165) is 49.2 Å².